The summed E-state index contributed by atoms with van der Waals surface area (Å²) < 4.78 is 0. The number of fused-ring (bicyclic) bond motifs is 1. The highest BCUT2D eigenvalue weighted by atomic mass is 16.3. The van der Waals surface area contributed by atoms with Crippen molar-refractivity contribution in [2.24, 2.45) is 17.8 Å². The van der Waals surface area contributed by atoms with Crippen molar-refractivity contribution in [2.45, 2.75) is 52.1 Å². The van der Waals surface area contributed by atoms with Crippen LogP contribution in [0, 0.1) is 17.8 Å². The summed E-state index contributed by atoms with van der Waals surface area (Å²) in [6.07, 6.45) is 7.04. The molecule has 0 bridgehead atoms. The molecule has 3 atom stereocenters. The molecule has 90 valence electrons. The van der Waals surface area contributed by atoms with Crippen LogP contribution in [0.15, 0.2) is 23.8 Å². The van der Waals surface area contributed by atoms with Gasteiger partial charge in [0.05, 0.1) is 5.60 Å². The monoisotopic (exact) mass is 220 g/mol. The molecule has 1 saturated carbocycles. The number of rotatable bonds is 1. The molecule has 0 saturated heterocycles. The first-order valence-corrected chi connectivity index (χ1v) is 6.47. The molecule has 0 aromatic heterocycles. The molecule has 1 fully saturated rings. The Kier molecular flexibility index (Phi) is 3.00. The molecule has 0 amide bonds. The Bertz CT molecular complexity index is 319. The van der Waals surface area contributed by atoms with Gasteiger partial charge >= 0.3 is 0 Å². The van der Waals surface area contributed by atoms with Gasteiger partial charge < -0.3 is 5.11 Å². The van der Waals surface area contributed by atoms with Crippen LogP contribution in [0.25, 0.3) is 0 Å². The second kappa shape index (κ2) is 4.03. The summed E-state index contributed by atoms with van der Waals surface area (Å²) in [5.41, 5.74) is 2.34. The molecule has 16 heavy (non-hydrogen) atoms. The van der Waals surface area contributed by atoms with Crippen LogP contribution in [0.4, 0.5) is 0 Å². The zero-order valence-corrected chi connectivity index (χ0v) is 10.8. The maximum absolute atomic E-state index is 10.3. The second-order valence-electron chi connectivity index (χ2n) is 6.19. The Labute approximate surface area is 99.3 Å². The molecule has 2 rings (SSSR count). The van der Waals surface area contributed by atoms with E-state index in [-0.39, 0.29) is 0 Å². The van der Waals surface area contributed by atoms with Crippen molar-refractivity contribution in [1.82, 2.24) is 0 Å². The van der Waals surface area contributed by atoms with Crippen LogP contribution in [-0.2, 0) is 0 Å². The van der Waals surface area contributed by atoms with E-state index in [9.17, 15) is 5.11 Å². The maximum atomic E-state index is 10.3. The van der Waals surface area contributed by atoms with Crippen molar-refractivity contribution in [2.75, 3.05) is 0 Å². The van der Waals surface area contributed by atoms with Gasteiger partial charge in [-0.3, -0.25) is 0 Å². The molecule has 1 nitrogen and oxygen atoms in total. The average Bonchev–Trinajstić information content (AvgIpc) is 2.15. The number of hydrogen-bond donors (Lipinski definition) is 1. The Balaban J connectivity index is 2.29. The van der Waals surface area contributed by atoms with E-state index in [0.717, 1.165) is 12.8 Å². The van der Waals surface area contributed by atoms with Crippen molar-refractivity contribution in [1.29, 1.82) is 0 Å². The first-order valence-electron chi connectivity index (χ1n) is 6.47. The van der Waals surface area contributed by atoms with Gasteiger partial charge in [-0.2, -0.15) is 0 Å². The fraction of sp³-hybridized carbons (Fsp3) is 0.733. The lowest BCUT2D eigenvalue weighted by Crippen LogP contribution is -2.42. The van der Waals surface area contributed by atoms with E-state index in [4.69, 9.17) is 0 Å². The summed E-state index contributed by atoms with van der Waals surface area (Å²) in [6, 6.07) is 0. The fourth-order valence-corrected chi connectivity index (χ4v) is 3.52. The van der Waals surface area contributed by atoms with Crippen molar-refractivity contribution >= 4 is 0 Å². The van der Waals surface area contributed by atoms with E-state index in [1.807, 2.05) is 13.8 Å². The molecule has 3 unspecified atom stereocenters. The van der Waals surface area contributed by atoms with Crippen LogP contribution in [0.1, 0.15) is 46.5 Å². The Morgan fingerprint density at radius 3 is 2.62 bits per heavy atom. The zero-order chi connectivity index (χ0) is 11.9. The highest BCUT2D eigenvalue weighted by molar-refractivity contribution is 5.20. The van der Waals surface area contributed by atoms with E-state index in [2.05, 4.69) is 19.6 Å². The van der Waals surface area contributed by atoms with Crippen molar-refractivity contribution in [3.8, 4) is 0 Å². The highest BCUT2D eigenvalue weighted by Crippen LogP contribution is 2.48. The Hall–Kier alpha value is -0.560. The lowest BCUT2D eigenvalue weighted by molar-refractivity contribution is -0.0240. The SMILES string of the molecule is C=C1CCC(C(C)(C)O)C2C=C(C)CCC12. The first kappa shape index (κ1) is 11.9. The van der Waals surface area contributed by atoms with Gasteiger partial charge in [0.25, 0.3) is 0 Å². The third kappa shape index (κ3) is 2.10. The average molecular weight is 220 g/mol. The Morgan fingerprint density at radius 2 is 2.00 bits per heavy atom. The molecular weight excluding hydrogens is 196 g/mol. The van der Waals surface area contributed by atoms with Crippen molar-refractivity contribution < 1.29 is 5.11 Å². The third-order valence-electron chi connectivity index (χ3n) is 4.46. The topological polar surface area (TPSA) is 20.2 Å². The largest absolute Gasteiger partial charge is 0.390 e. The van der Waals surface area contributed by atoms with Crippen LogP contribution in [0.3, 0.4) is 0 Å². The minimum atomic E-state index is -0.558. The van der Waals surface area contributed by atoms with E-state index < -0.39 is 5.60 Å². The third-order valence-corrected chi connectivity index (χ3v) is 4.46. The Morgan fingerprint density at radius 1 is 1.31 bits per heavy atom. The van der Waals surface area contributed by atoms with Gasteiger partial charge in [0.2, 0.25) is 0 Å². The van der Waals surface area contributed by atoms with Gasteiger partial charge in [0.1, 0.15) is 0 Å². The van der Waals surface area contributed by atoms with Crippen molar-refractivity contribution in [3.63, 3.8) is 0 Å². The lowest BCUT2D eigenvalue weighted by Gasteiger charge is -2.45. The van der Waals surface area contributed by atoms with E-state index >= 15 is 0 Å². The number of hydrogen-bond acceptors (Lipinski definition) is 1. The molecule has 0 spiro atoms. The van der Waals surface area contributed by atoms with Gasteiger partial charge in [-0.15, -0.1) is 0 Å². The van der Waals surface area contributed by atoms with E-state index in [1.54, 1.807) is 0 Å². The van der Waals surface area contributed by atoms with Crippen LogP contribution in [0.5, 0.6) is 0 Å². The smallest absolute Gasteiger partial charge is 0.0625 e. The molecule has 1 heteroatoms. The molecular formula is C15H24O. The quantitative estimate of drug-likeness (QED) is 0.668. The summed E-state index contributed by atoms with van der Waals surface area (Å²) in [4.78, 5) is 0. The summed E-state index contributed by atoms with van der Waals surface area (Å²) in [5.74, 6) is 1.54. The summed E-state index contributed by atoms with van der Waals surface area (Å²) in [5, 5.41) is 10.3. The van der Waals surface area contributed by atoms with Gasteiger partial charge in [-0.25, -0.2) is 0 Å². The summed E-state index contributed by atoms with van der Waals surface area (Å²) >= 11 is 0. The minimum absolute atomic E-state index is 0.401. The van der Waals surface area contributed by atoms with Gasteiger partial charge in [-0.05, 0) is 64.2 Å². The predicted octanol–water partition coefficient (Wildman–Crippen LogP) is 3.70. The molecule has 2 aliphatic carbocycles. The van der Waals surface area contributed by atoms with Crippen LogP contribution >= 0.6 is 0 Å². The van der Waals surface area contributed by atoms with Crippen LogP contribution < -0.4 is 0 Å². The molecule has 0 aromatic rings. The van der Waals surface area contributed by atoms with Crippen molar-refractivity contribution in [3.05, 3.63) is 23.8 Å². The maximum Gasteiger partial charge on any atom is 0.0625 e. The van der Waals surface area contributed by atoms with Crippen LogP contribution in [0.2, 0.25) is 0 Å². The van der Waals surface area contributed by atoms with Gasteiger partial charge in [-0.1, -0.05) is 23.8 Å². The van der Waals surface area contributed by atoms with E-state index in [0.29, 0.717) is 17.8 Å². The molecule has 1 N–H and O–H groups in total. The molecule has 2 aliphatic rings. The molecule has 0 aromatic carbocycles. The second-order valence-corrected chi connectivity index (χ2v) is 6.19. The highest BCUT2D eigenvalue weighted by Gasteiger charge is 2.41. The fourth-order valence-electron chi connectivity index (χ4n) is 3.52. The molecule has 0 radical (unpaired) electrons. The van der Waals surface area contributed by atoms with Gasteiger partial charge in [0, 0.05) is 0 Å². The lowest BCUT2D eigenvalue weighted by atomic mass is 9.61. The standard InChI is InChI=1S/C15H24O/c1-10-5-7-12-11(2)6-8-14(13(12)9-10)15(3,4)16/h9,12-14,16H,2,5-8H2,1,3-4H3. The molecule has 0 heterocycles. The molecule has 0 aliphatic heterocycles. The van der Waals surface area contributed by atoms with E-state index in [1.165, 1.54) is 24.0 Å². The minimum Gasteiger partial charge on any atom is -0.390 e. The van der Waals surface area contributed by atoms with Crippen LogP contribution in [-0.4, -0.2) is 10.7 Å². The number of allylic oxidation sites excluding steroid dienone is 3. The van der Waals surface area contributed by atoms with Gasteiger partial charge in [0.15, 0.2) is 0 Å². The summed E-state index contributed by atoms with van der Waals surface area (Å²) in [6.45, 7) is 10.4. The number of aliphatic hydroxyl groups is 1. The normalized spacial score (nSPS) is 35.6. The first-order chi connectivity index (χ1) is 7.39. The zero-order valence-electron chi connectivity index (χ0n) is 10.8. The predicted molar refractivity (Wildman–Crippen MR) is 68.1 cm³/mol. The summed E-state index contributed by atoms with van der Waals surface area (Å²) in [7, 11) is 0.